The van der Waals surface area contributed by atoms with E-state index >= 15 is 0 Å². The minimum atomic E-state index is -2.94. The Morgan fingerprint density at radius 1 is 1.20 bits per heavy atom. The maximum Gasteiger partial charge on any atom is 0.152 e. The Morgan fingerprint density at radius 3 is 2.72 bits per heavy atom. The van der Waals surface area contributed by atoms with Crippen LogP contribution >= 0.6 is 0 Å². The van der Waals surface area contributed by atoms with E-state index in [1.165, 1.54) is 0 Å². The number of aromatic nitrogens is 4. The summed E-state index contributed by atoms with van der Waals surface area (Å²) >= 11 is 0. The predicted octanol–water partition coefficient (Wildman–Crippen LogP) is 2.71. The molecule has 0 aliphatic carbocycles. The maximum absolute atomic E-state index is 11.8. The smallest absolute Gasteiger partial charge is 0.152 e. The molecule has 1 aliphatic heterocycles. The summed E-state index contributed by atoms with van der Waals surface area (Å²) in [6, 6.07) is 10.0. The largest absolute Gasteiger partial charge is 0.327 e. The third-order valence-corrected chi connectivity index (χ3v) is 6.38. The van der Waals surface area contributed by atoms with Gasteiger partial charge in [-0.2, -0.15) is 5.10 Å². The summed E-state index contributed by atoms with van der Waals surface area (Å²) < 4.78 is 27.5. The average Bonchev–Trinajstić information content (AvgIpc) is 3.26. The van der Waals surface area contributed by atoms with Crippen LogP contribution < -0.4 is 0 Å². The normalized spacial score (nSPS) is 19.4. The van der Waals surface area contributed by atoms with Gasteiger partial charge in [0.2, 0.25) is 0 Å². The number of aryl methyl sites for hydroxylation is 2. The molecule has 130 valence electrons. The number of sulfone groups is 1. The number of rotatable bonds is 3. The fourth-order valence-electron chi connectivity index (χ4n) is 3.49. The summed E-state index contributed by atoms with van der Waals surface area (Å²) in [5, 5.41) is 4.53. The fraction of sp³-hybridized carbons (Fsp3) is 0.333. The molecule has 3 aromatic rings. The molecule has 0 N–H and O–H groups in total. The van der Waals surface area contributed by atoms with Gasteiger partial charge in [0.15, 0.2) is 9.84 Å². The Balaban J connectivity index is 1.74. The molecular formula is C18H20N4O2S. The van der Waals surface area contributed by atoms with Crippen molar-refractivity contribution in [3.8, 4) is 17.1 Å². The molecule has 6 nitrogen and oxygen atoms in total. The maximum atomic E-state index is 11.8. The van der Waals surface area contributed by atoms with Crippen LogP contribution in [0, 0.1) is 13.8 Å². The number of hydrogen-bond acceptors (Lipinski definition) is 4. The molecule has 0 bridgehead atoms. The topological polar surface area (TPSA) is 69.8 Å². The Kier molecular flexibility index (Phi) is 3.76. The van der Waals surface area contributed by atoms with Gasteiger partial charge in [-0.15, -0.1) is 0 Å². The van der Waals surface area contributed by atoms with Gasteiger partial charge in [-0.3, -0.25) is 0 Å². The van der Waals surface area contributed by atoms with Crippen LogP contribution in [0.3, 0.4) is 0 Å². The van der Waals surface area contributed by atoms with Crippen molar-refractivity contribution in [2.24, 2.45) is 0 Å². The first-order valence-electron chi connectivity index (χ1n) is 8.30. The summed E-state index contributed by atoms with van der Waals surface area (Å²) in [5.74, 6) is 1.24. The minimum Gasteiger partial charge on any atom is -0.327 e. The first kappa shape index (κ1) is 16.1. The highest BCUT2D eigenvalue weighted by molar-refractivity contribution is 7.91. The predicted molar refractivity (Wildman–Crippen MR) is 96.6 cm³/mol. The summed E-state index contributed by atoms with van der Waals surface area (Å²) in [7, 11) is -2.94. The third-order valence-electron chi connectivity index (χ3n) is 4.63. The van der Waals surface area contributed by atoms with E-state index in [2.05, 4.69) is 10.1 Å². The van der Waals surface area contributed by atoms with Crippen molar-refractivity contribution in [2.75, 3.05) is 11.5 Å². The summed E-state index contributed by atoms with van der Waals surface area (Å²) in [6.45, 7) is 4.00. The molecule has 0 amide bonds. The lowest BCUT2D eigenvalue weighted by Crippen LogP contribution is -2.11. The van der Waals surface area contributed by atoms with Gasteiger partial charge in [0.25, 0.3) is 0 Å². The van der Waals surface area contributed by atoms with E-state index in [-0.39, 0.29) is 17.5 Å². The van der Waals surface area contributed by atoms with Gasteiger partial charge in [0.1, 0.15) is 5.82 Å². The molecule has 1 aromatic carbocycles. The zero-order valence-corrected chi connectivity index (χ0v) is 15.1. The zero-order chi connectivity index (χ0) is 17.6. The van der Waals surface area contributed by atoms with Crippen molar-refractivity contribution < 1.29 is 8.42 Å². The van der Waals surface area contributed by atoms with Crippen molar-refractivity contribution in [1.29, 1.82) is 0 Å². The molecule has 0 saturated carbocycles. The minimum absolute atomic E-state index is 0.0418. The van der Waals surface area contributed by atoms with E-state index in [1.807, 2.05) is 59.6 Å². The second-order valence-electron chi connectivity index (χ2n) is 6.60. The quantitative estimate of drug-likeness (QED) is 0.723. The van der Waals surface area contributed by atoms with E-state index in [4.69, 9.17) is 0 Å². The highest BCUT2D eigenvalue weighted by Gasteiger charge is 2.30. The number of hydrogen-bond donors (Lipinski definition) is 0. The second-order valence-corrected chi connectivity index (χ2v) is 8.83. The molecule has 1 saturated heterocycles. The summed E-state index contributed by atoms with van der Waals surface area (Å²) in [4.78, 5) is 4.48. The lowest BCUT2D eigenvalue weighted by atomic mass is 10.1. The van der Waals surface area contributed by atoms with Crippen LogP contribution in [0.1, 0.15) is 23.9 Å². The Labute approximate surface area is 147 Å². The van der Waals surface area contributed by atoms with Crippen LogP contribution in [0.4, 0.5) is 0 Å². The van der Waals surface area contributed by atoms with E-state index in [0.29, 0.717) is 6.42 Å². The standard InChI is InChI=1S/C18H20N4O2S/c1-13-10-14(2)22(20-13)16-5-3-4-15(11-16)18-19-7-8-21(18)17-6-9-25(23,24)12-17/h3-5,7-8,10-11,17H,6,9,12H2,1-2H3. The molecule has 1 unspecified atom stereocenters. The van der Waals surface area contributed by atoms with Gasteiger partial charge < -0.3 is 4.57 Å². The first-order valence-corrected chi connectivity index (χ1v) is 10.1. The Hall–Kier alpha value is -2.41. The number of nitrogens with zero attached hydrogens (tertiary/aromatic N) is 4. The van der Waals surface area contributed by atoms with E-state index < -0.39 is 9.84 Å². The molecule has 3 heterocycles. The van der Waals surface area contributed by atoms with Crippen molar-refractivity contribution >= 4 is 9.84 Å². The Bertz CT molecular complexity index is 1030. The average molecular weight is 356 g/mol. The van der Waals surface area contributed by atoms with Crippen molar-refractivity contribution in [1.82, 2.24) is 19.3 Å². The van der Waals surface area contributed by atoms with Crippen LogP contribution in [-0.4, -0.2) is 39.3 Å². The molecular weight excluding hydrogens is 336 g/mol. The second kappa shape index (κ2) is 5.84. The first-order chi connectivity index (χ1) is 11.9. The number of imidazole rings is 1. The molecule has 1 atom stereocenters. The molecule has 25 heavy (non-hydrogen) atoms. The van der Waals surface area contributed by atoms with Gasteiger partial charge in [-0.25, -0.2) is 18.1 Å². The lowest BCUT2D eigenvalue weighted by molar-refractivity contribution is 0.560. The molecule has 0 radical (unpaired) electrons. The molecule has 2 aromatic heterocycles. The summed E-state index contributed by atoms with van der Waals surface area (Å²) in [5.41, 5.74) is 3.97. The summed E-state index contributed by atoms with van der Waals surface area (Å²) in [6.07, 6.45) is 4.25. The SMILES string of the molecule is Cc1cc(C)n(-c2cccc(-c3nccn3C3CCS(=O)(=O)C3)c2)n1. The highest BCUT2D eigenvalue weighted by Crippen LogP contribution is 2.29. The lowest BCUT2D eigenvalue weighted by Gasteiger charge is -2.14. The monoisotopic (exact) mass is 356 g/mol. The van der Waals surface area contributed by atoms with Crippen molar-refractivity contribution in [3.05, 3.63) is 54.1 Å². The highest BCUT2D eigenvalue weighted by atomic mass is 32.2. The van der Waals surface area contributed by atoms with Crippen LogP contribution in [0.2, 0.25) is 0 Å². The van der Waals surface area contributed by atoms with Gasteiger partial charge in [-0.05, 0) is 38.5 Å². The third kappa shape index (κ3) is 3.00. The van der Waals surface area contributed by atoms with E-state index in [1.54, 1.807) is 6.20 Å². The van der Waals surface area contributed by atoms with Crippen LogP contribution in [-0.2, 0) is 9.84 Å². The van der Waals surface area contributed by atoms with E-state index in [9.17, 15) is 8.42 Å². The van der Waals surface area contributed by atoms with Crippen LogP contribution in [0.15, 0.2) is 42.7 Å². The number of benzene rings is 1. The van der Waals surface area contributed by atoms with Gasteiger partial charge in [-0.1, -0.05) is 12.1 Å². The Morgan fingerprint density at radius 2 is 2.04 bits per heavy atom. The van der Waals surface area contributed by atoms with Crippen LogP contribution in [0.25, 0.3) is 17.1 Å². The fourth-order valence-corrected chi connectivity index (χ4v) is 5.20. The van der Waals surface area contributed by atoms with E-state index in [0.717, 1.165) is 28.5 Å². The van der Waals surface area contributed by atoms with Crippen LogP contribution in [0.5, 0.6) is 0 Å². The van der Waals surface area contributed by atoms with Gasteiger partial charge >= 0.3 is 0 Å². The van der Waals surface area contributed by atoms with Crippen molar-refractivity contribution in [2.45, 2.75) is 26.3 Å². The molecule has 0 spiro atoms. The van der Waals surface area contributed by atoms with Gasteiger partial charge in [0, 0.05) is 23.7 Å². The molecule has 1 fully saturated rings. The molecule has 7 heteroatoms. The molecule has 4 rings (SSSR count). The van der Waals surface area contributed by atoms with Gasteiger partial charge in [0.05, 0.1) is 28.9 Å². The van der Waals surface area contributed by atoms with Crippen molar-refractivity contribution in [3.63, 3.8) is 0 Å². The zero-order valence-electron chi connectivity index (χ0n) is 14.3. The molecule has 1 aliphatic rings.